The predicted octanol–water partition coefficient (Wildman–Crippen LogP) is 0.857. The normalized spacial score (nSPS) is 16.3. The Morgan fingerprint density at radius 3 is 2.24 bits per heavy atom. The number of piperidine rings is 1. The smallest absolute Gasteiger partial charge is 0.414 e. The van der Waals surface area contributed by atoms with Gasteiger partial charge in [0, 0.05) is 24.6 Å². The van der Waals surface area contributed by atoms with Gasteiger partial charge in [0.1, 0.15) is 0 Å². The molecule has 1 fully saturated rings. The van der Waals surface area contributed by atoms with Gasteiger partial charge in [-0.1, -0.05) is 6.07 Å². The van der Waals surface area contributed by atoms with Crippen LogP contribution in [0.1, 0.15) is 36.8 Å². The Balaban J connectivity index is 0.000000438. The summed E-state index contributed by atoms with van der Waals surface area (Å²) in [6.45, 7) is 2.43. The molecule has 2 aliphatic rings. The van der Waals surface area contributed by atoms with Crippen LogP contribution in [0.15, 0.2) is 18.2 Å². The topological polar surface area (TPSA) is 150 Å². The molecule has 1 aliphatic heterocycles. The number of nitrogens with zero attached hydrogens (tertiary/aromatic N) is 1. The summed E-state index contributed by atoms with van der Waals surface area (Å²) in [7, 11) is 0. The number of likely N-dealkylation sites (tertiary alicyclic amines) is 1. The van der Waals surface area contributed by atoms with E-state index in [4.69, 9.17) is 25.5 Å². The molecule has 9 heteroatoms. The highest BCUT2D eigenvalue weighted by Gasteiger charge is 2.23. The van der Waals surface area contributed by atoms with Crippen LogP contribution in [0.2, 0.25) is 0 Å². The van der Waals surface area contributed by atoms with Crippen molar-refractivity contribution in [3.8, 4) is 0 Å². The molecule has 0 spiro atoms. The van der Waals surface area contributed by atoms with Crippen molar-refractivity contribution in [3.63, 3.8) is 0 Å². The van der Waals surface area contributed by atoms with Gasteiger partial charge in [0.25, 0.3) is 0 Å². The Morgan fingerprint density at radius 1 is 1.03 bits per heavy atom. The van der Waals surface area contributed by atoms with Gasteiger partial charge in [0.2, 0.25) is 11.8 Å². The second kappa shape index (κ2) is 10.6. The van der Waals surface area contributed by atoms with E-state index >= 15 is 0 Å². The lowest BCUT2D eigenvalue weighted by Gasteiger charge is -2.30. The zero-order valence-electron chi connectivity index (χ0n) is 16.2. The van der Waals surface area contributed by atoms with E-state index in [1.165, 1.54) is 17.5 Å². The molecular formula is C20H27N3O6. The van der Waals surface area contributed by atoms with Crippen LogP contribution < -0.4 is 11.1 Å². The standard InChI is InChI=1S/C18H25N3O2.C2H2O4/c19-18(23)14-6-9-21(10-7-14)11-8-17(22)20-16-5-4-13-2-1-3-15(13)12-16;3-1(4)2(5)6/h4-5,12,14H,1-3,6-11H2,(H2,19,23)(H,20,22);(H,3,4)(H,5,6). The van der Waals surface area contributed by atoms with E-state index in [0.717, 1.165) is 51.0 Å². The Labute approximate surface area is 168 Å². The van der Waals surface area contributed by atoms with Crippen LogP contribution in [0.3, 0.4) is 0 Å². The van der Waals surface area contributed by atoms with Gasteiger partial charge in [-0.2, -0.15) is 0 Å². The number of aryl methyl sites for hydroxylation is 2. The Morgan fingerprint density at radius 2 is 1.66 bits per heavy atom. The molecule has 2 amide bonds. The monoisotopic (exact) mass is 405 g/mol. The molecule has 0 saturated carbocycles. The van der Waals surface area contributed by atoms with E-state index in [-0.39, 0.29) is 17.7 Å². The zero-order chi connectivity index (χ0) is 21.4. The maximum Gasteiger partial charge on any atom is 0.414 e. The zero-order valence-corrected chi connectivity index (χ0v) is 16.2. The SMILES string of the molecule is NC(=O)C1CCN(CCC(=O)Nc2ccc3c(c2)CCC3)CC1.O=C(O)C(=O)O. The minimum atomic E-state index is -1.82. The molecule has 9 nitrogen and oxygen atoms in total. The summed E-state index contributed by atoms with van der Waals surface area (Å²) in [6.07, 6.45) is 5.59. The number of nitrogens with two attached hydrogens (primary N) is 1. The number of carboxylic acid groups (broad SMARTS) is 2. The van der Waals surface area contributed by atoms with Gasteiger partial charge >= 0.3 is 11.9 Å². The van der Waals surface area contributed by atoms with Gasteiger partial charge in [0.15, 0.2) is 0 Å². The van der Waals surface area contributed by atoms with Gasteiger partial charge in [-0.15, -0.1) is 0 Å². The first-order valence-electron chi connectivity index (χ1n) is 9.65. The number of hydrogen-bond acceptors (Lipinski definition) is 5. The van der Waals surface area contributed by atoms with Crippen LogP contribution in [0.4, 0.5) is 5.69 Å². The van der Waals surface area contributed by atoms with Crippen molar-refractivity contribution in [2.75, 3.05) is 25.0 Å². The van der Waals surface area contributed by atoms with E-state index in [1.54, 1.807) is 0 Å². The van der Waals surface area contributed by atoms with Crippen molar-refractivity contribution in [1.29, 1.82) is 0 Å². The van der Waals surface area contributed by atoms with Gasteiger partial charge in [0.05, 0.1) is 0 Å². The third-order valence-corrected chi connectivity index (χ3v) is 5.21. The number of hydrogen-bond donors (Lipinski definition) is 4. The molecule has 5 N–H and O–H groups in total. The summed E-state index contributed by atoms with van der Waals surface area (Å²) < 4.78 is 0. The second-order valence-corrected chi connectivity index (χ2v) is 7.26. The van der Waals surface area contributed by atoms with Crippen molar-refractivity contribution in [2.45, 2.75) is 38.5 Å². The highest BCUT2D eigenvalue weighted by molar-refractivity contribution is 6.27. The molecule has 1 aromatic carbocycles. The average molecular weight is 405 g/mol. The van der Waals surface area contributed by atoms with Crippen LogP contribution in [0.5, 0.6) is 0 Å². The molecule has 0 radical (unpaired) electrons. The molecule has 1 saturated heterocycles. The number of carboxylic acids is 2. The molecule has 3 rings (SSSR count). The summed E-state index contributed by atoms with van der Waals surface area (Å²) in [5.74, 6) is -3.78. The summed E-state index contributed by atoms with van der Waals surface area (Å²) in [4.78, 5) is 43.7. The lowest BCUT2D eigenvalue weighted by Crippen LogP contribution is -2.39. The van der Waals surface area contributed by atoms with Gasteiger partial charge in [-0.25, -0.2) is 9.59 Å². The molecule has 0 aromatic heterocycles. The number of rotatable bonds is 5. The lowest BCUT2D eigenvalue weighted by molar-refractivity contribution is -0.159. The minimum Gasteiger partial charge on any atom is -0.473 e. The van der Waals surface area contributed by atoms with Crippen LogP contribution in [-0.4, -0.2) is 58.5 Å². The lowest BCUT2D eigenvalue weighted by atomic mass is 9.96. The summed E-state index contributed by atoms with van der Waals surface area (Å²) >= 11 is 0. The van der Waals surface area contributed by atoms with Crippen LogP contribution >= 0.6 is 0 Å². The molecular weight excluding hydrogens is 378 g/mol. The third kappa shape index (κ3) is 7.19. The number of nitrogens with one attached hydrogen (secondary N) is 1. The fourth-order valence-electron chi connectivity index (χ4n) is 3.57. The third-order valence-electron chi connectivity index (χ3n) is 5.21. The Hall–Kier alpha value is -2.94. The van der Waals surface area contributed by atoms with Crippen molar-refractivity contribution < 1.29 is 29.4 Å². The number of benzene rings is 1. The molecule has 1 heterocycles. The fourth-order valence-corrected chi connectivity index (χ4v) is 3.57. The molecule has 0 unspecified atom stereocenters. The summed E-state index contributed by atoms with van der Waals surface area (Å²) in [5, 5.41) is 17.8. The maximum absolute atomic E-state index is 12.1. The second-order valence-electron chi connectivity index (χ2n) is 7.26. The number of amides is 2. The maximum atomic E-state index is 12.1. The molecule has 1 aliphatic carbocycles. The highest BCUT2D eigenvalue weighted by atomic mass is 16.4. The number of aliphatic carboxylic acids is 2. The number of carbonyl (C=O) groups is 4. The largest absolute Gasteiger partial charge is 0.473 e. The first-order valence-corrected chi connectivity index (χ1v) is 9.65. The number of fused-ring (bicyclic) bond motifs is 1. The average Bonchev–Trinajstić information content (AvgIpc) is 3.15. The van der Waals surface area contributed by atoms with Crippen molar-refractivity contribution >= 4 is 29.4 Å². The summed E-state index contributed by atoms with van der Waals surface area (Å²) in [5.41, 5.74) is 9.03. The van der Waals surface area contributed by atoms with Crippen LogP contribution in [-0.2, 0) is 32.0 Å². The van der Waals surface area contributed by atoms with Crippen molar-refractivity contribution in [2.24, 2.45) is 11.7 Å². The van der Waals surface area contributed by atoms with E-state index in [1.807, 2.05) is 6.07 Å². The molecule has 158 valence electrons. The van der Waals surface area contributed by atoms with Gasteiger partial charge < -0.3 is 26.2 Å². The van der Waals surface area contributed by atoms with Crippen LogP contribution in [0, 0.1) is 5.92 Å². The van der Waals surface area contributed by atoms with E-state index in [2.05, 4.69) is 22.3 Å². The quantitative estimate of drug-likeness (QED) is 0.530. The molecule has 0 atom stereocenters. The van der Waals surface area contributed by atoms with Crippen molar-refractivity contribution in [1.82, 2.24) is 4.90 Å². The fraction of sp³-hybridized carbons (Fsp3) is 0.500. The van der Waals surface area contributed by atoms with Crippen LogP contribution in [0.25, 0.3) is 0 Å². The molecule has 29 heavy (non-hydrogen) atoms. The number of anilines is 1. The molecule has 0 bridgehead atoms. The van der Waals surface area contributed by atoms with Gasteiger partial charge in [-0.05, 0) is 68.5 Å². The van der Waals surface area contributed by atoms with Crippen molar-refractivity contribution in [3.05, 3.63) is 29.3 Å². The number of carbonyl (C=O) groups excluding carboxylic acids is 2. The first kappa shape index (κ1) is 22.4. The Kier molecular flexibility index (Phi) is 8.14. The first-order chi connectivity index (χ1) is 13.8. The predicted molar refractivity (Wildman–Crippen MR) is 105 cm³/mol. The van der Waals surface area contributed by atoms with Gasteiger partial charge in [-0.3, -0.25) is 9.59 Å². The molecule has 1 aromatic rings. The van der Waals surface area contributed by atoms with E-state index < -0.39 is 11.9 Å². The van der Waals surface area contributed by atoms with E-state index in [0.29, 0.717) is 6.42 Å². The Bertz CT molecular complexity index is 759. The minimum absolute atomic E-state index is 0.00601. The number of primary amides is 1. The highest BCUT2D eigenvalue weighted by Crippen LogP contribution is 2.25. The summed E-state index contributed by atoms with van der Waals surface area (Å²) in [6, 6.07) is 6.24. The van der Waals surface area contributed by atoms with E-state index in [9.17, 15) is 9.59 Å².